The Morgan fingerprint density at radius 3 is 2.60 bits per heavy atom. The van der Waals surface area contributed by atoms with Crippen LogP contribution in [0.5, 0.6) is 0 Å². The molecule has 0 aliphatic heterocycles. The summed E-state index contributed by atoms with van der Waals surface area (Å²) in [5.74, 6) is 0.475. The van der Waals surface area contributed by atoms with E-state index >= 15 is 0 Å². The Morgan fingerprint density at radius 1 is 1.30 bits per heavy atom. The summed E-state index contributed by atoms with van der Waals surface area (Å²) in [5, 5.41) is 12.2. The molecule has 2 rings (SSSR count). The van der Waals surface area contributed by atoms with Crippen LogP contribution < -0.4 is 5.32 Å². The number of nitrogens with zero attached hydrogens (tertiary/aromatic N) is 4. The van der Waals surface area contributed by atoms with Crippen LogP contribution in [0.2, 0.25) is 0 Å². The third-order valence-corrected chi connectivity index (χ3v) is 3.23. The van der Waals surface area contributed by atoms with Crippen molar-refractivity contribution in [2.24, 2.45) is 7.05 Å². The van der Waals surface area contributed by atoms with E-state index in [9.17, 15) is 0 Å². The van der Waals surface area contributed by atoms with Gasteiger partial charge in [-0.25, -0.2) is 0 Å². The van der Waals surface area contributed by atoms with Crippen LogP contribution in [0.1, 0.15) is 43.6 Å². The monoisotopic (exact) mass is 297 g/mol. The molecule has 0 spiro atoms. The van der Waals surface area contributed by atoms with E-state index in [0.29, 0.717) is 5.92 Å². The van der Waals surface area contributed by atoms with E-state index in [1.165, 1.54) is 11.3 Å². The summed E-state index contributed by atoms with van der Waals surface area (Å²) in [4.78, 5) is 0. The third kappa shape index (κ3) is 4.08. The van der Waals surface area contributed by atoms with Gasteiger partial charge in [0.2, 0.25) is 0 Å². The van der Waals surface area contributed by atoms with E-state index in [0.717, 1.165) is 25.3 Å². The van der Waals surface area contributed by atoms with Crippen molar-refractivity contribution in [2.75, 3.05) is 0 Å². The molecule has 5 nitrogen and oxygen atoms in total. The molecule has 2 aromatic rings. The average molecular weight is 298 g/mol. The van der Waals surface area contributed by atoms with E-state index in [1.54, 1.807) is 0 Å². The highest BCUT2D eigenvalue weighted by molar-refractivity contribution is 5.85. The lowest BCUT2D eigenvalue weighted by Gasteiger charge is -2.03. The number of halogens is 1. The van der Waals surface area contributed by atoms with Gasteiger partial charge in [0.05, 0.1) is 17.6 Å². The fourth-order valence-electron chi connectivity index (χ4n) is 1.98. The maximum Gasteiger partial charge on any atom is 0.0653 e. The Kier molecular flexibility index (Phi) is 6.23. The highest BCUT2D eigenvalue weighted by atomic mass is 35.5. The molecular formula is C14H24ClN5. The number of aromatic nitrogens is 4. The predicted molar refractivity (Wildman–Crippen MR) is 83.0 cm³/mol. The summed E-state index contributed by atoms with van der Waals surface area (Å²) in [6, 6.07) is 2.17. The molecule has 0 fully saturated rings. The van der Waals surface area contributed by atoms with E-state index < -0.39 is 0 Å². The van der Waals surface area contributed by atoms with Gasteiger partial charge in [-0.1, -0.05) is 13.8 Å². The molecule has 0 saturated heterocycles. The summed E-state index contributed by atoms with van der Waals surface area (Å²) < 4.78 is 3.90. The fourth-order valence-corrected chi connectivity index (χ4v) is 1.98. The number of hydrogen-bond donors (Lipinski definition) is 1. The minimum atomic E-state index is 0. The summed E-state index contributed by atoms with van der Waals surface area (Å²) in [6.45, 7) is 9.00. The van der Waals surface area contributed by atoms with Crippen LogP contribution in [-0.2, 0) is 26.7 Å². The Labute approximate surface area is 126 Å². The van der Waals surface area contributed by atoms with Gasteiger partial charge in [-0.05, 0) is 18.9 Å². The second kappa shape index (κ2) is 7.45. The van der Waals surface area contributed by atoms with Gasteiger partial charge in [-0.15, -0.1) is 12.4 Å². The van der Waals surface area contributed by atoms with Crippen molar-refractivity contribution in [2.45, 2.75) is 46.3 Å². The summed E-state index contributed by atoms with van der Waals surface area (Å²) in [7, 11) is 2.00. The largest absolute Gasteiger partial charge is 0.307 e. The molecule has 0 atom stereocenters. The fraction of sp³-hybridized carbons (Fsp3) is 0.571. The van der Waals surface area contributed by atoms with Crippen LogP contribution in [0.4, 0.5) is 0 Å². The second-order valence-corrected chi connectivity index (χ2v) is 5.15. The van der Waals surface area contributed by atoms with Crippen molar-refractivity contribution in [1.82, 2.24) is 24.9 Å². The Bertz CT molecular complexity index is 529. The first-order valence-corrected chi connectivity index (χ1v) is 6.85. The minimum Gasteiger partial charge on any atom is -0.307 e. The van der Waals surface area contributed by atoms with Gasteiger partial charge in [-0.2, -0.15) is 10.2 Å². The molecule has 2 heterocycles. The van der Waals surface area contributed by atoms with Gasteiger partial charge >= 0.3 is 0 Å². The van der Waals surface area contributed by atoms with Crippen LogP contribution in [0.3, 0.4) is 0 Å². The van der Waals surface area contributed by atoms with Crippen LogP contribution >= 0.6 is 12.4 Å². The SMILES string of the molecule is CCn1cc(CNCc2cc(C(C)C)nn2C)cn1.Cl. The molecule has 2 aromatic heterocycles. The molecule has 0 radical (unpaired) electrons. The van der Waals surface area contributed by atoms with Crippen molar-refractivity contribution in [3.05, 3.63) is 35.4 Å². The molecular weight excluding hydrogens is 274 g/mol. The van der Waals surface area contributed by atoms with Crippen LogP contribution in [0.15, 0.2) is 18.5 Å². The van der Waals surface area contributed by atoms with Gasteiger partial charge in [0.25, 0.3) is 0 Å². The zero-order chi connectivity index (χ0) is 13.8. The molecule has 6 heteroatoms. The lowest BCUT2D eigenvalue weighted by molar-refractivity contribution is 0.618. The smallest absolute Gasteiger partial charge is 0.0653 e. The van der Waals surface area contributed by atoms with E-state index in [1.807, 2.05) is 22.6 Å². The number of aryl methyl sites for hydroxylation is 2. The Hall–Kier alpha value is -1.33. The first-order valence-electron chi connectivity index (χ1n) is 6.85. The lowest BCUT2D eigenvalue weighted by Crippen LogP contribution is -2.14. The van der Waals surface area contributed by atoms with Crippen LogP contribution in [0, 0.1) is 0 Å². The number of hydrogen-bond acceptors (Lipinski definition) is 3. The van der Waals surface area contributed by atoms with Crippen molar-refractivity contribution in [1.29, 1.82) is 0 Å². The molecule has 112 valence electrons. The zero-order valence-corrected chi connectivity index (χ0v) is 13.4. The third-order valence-electron chi connectivity index (χ3n) is 3.23. The molecule has 0 unspecified atom stereocenters. The van der Waals surface area contributed by atoms with Crippen LogP contribution in [-0.4, -0.2) is 19.6 Å². The molecule has 0 aliphatic carbocycles. The lowest BCUT2D eigenvalue weighted by atomic mass is 10.1. The quantitative estimate of drug-likeness (QED) is 0.891. The standard InChI is InChI=1S/C14H23N5.ClH/c1-5-19-10-12(8-16-19)7-15-9-13-6-14(11(2)3)17-18(13)4;/h6,8,10-11,15H,5,7,9H2,1-4H3;1H. The molecule has 0 aromatic carbocycles. The van der Waals surface area contributed by atoms with E-state index in [2.05, 4.69) is 48.5 Å². The highest BCUT2D eigenvalue weighted by Gasteiger charge is 2.07. The maximum absolute atomic E-state index is 4.51. The predicted octanol–water partition coefficient (Wildman–Crippen LogP) is 2.47. The topological polar surface area (TPSA) is 47.7 Å². The van der Waals surface area contributed by atoms with Crippen molar-refractivity contribution in [3.63, 3.8) is 0 Å². The van der Waals surface area contributed by atoms with Crippen LogP contribution in [0.25, 0.3) is 0 Å². The van der Waals surface area contributed by atoms with Gasteiger partial charge < -0.3 is 5.32 Å². The van der Waals surface area contributed by atoms with Crippen molar-refractivity contribution >= 4 is 12.4 Å². The number of nitrogens with one attached hydrogen (secondary N) is 1. The van der Waals surface area contributed by atoms with Gasteiger partial charge in [0, 0.05) is 38.4 Å². The summed E-state index contributed by atoms with van der Waals surface area (Å²) in [5.41, 5.74) is 3.58. The van der Waals surface area contributed by atoms with Crippen molar-refractivity contribution < 1.29 is 0 Å². The minimum absolute atomic E-state index is 0. The molecule has 1 N–H and O–H groups in total. The van der Waals surface area contributed by atoms with Gasteiger partial charge in [-0.3, -0.25) is 9.36 Å². The summed E-state index contributed by atoms with van der Waals surface area (Å²) >= 11 is 0. The molecule has 0 aliphatic rings. The summed E-state index contributed by atoms with van der Waals surface area (Å²) in [6.07, 6.45) is 4.00. The maximum atomic E-state index is 4.51. The molecule has 0 amide bonds. The molecule has 0 saturated carbocycles. The second-order valence-electron chi connectivity index (χ2n) is 5.15. The van der Waals surface area contributed by atoms with Gasteiger partial charge in [0.1, 0.15) is 0 Å². The Morgan fingerprint density at radius 2 is 2.05 bits per heavy atom. The Balaban J connectivity index is 0.00000200. The van der Waals surface area contributed by atoms with E-state index in [-0.39, 0.29) is 12.4 Å². The average Bonchev–Trinajstić information content (AvgIpc) is 2.97. The number of rotatable bonds is 6. The van der Waals surface area contributed by atoms with Gasteiger partial charge in [0.15, 0.2) is 0 Å². The normalized spacial score (nSPS) is 10.8. The highest BCUT2D eigenvalue weighted by Crippen LogP contribution is 2.13. The molecule has 20 heavy (non-hydrogen) atoms. The molecule has 0 bridgehead atoms. The van der Waals surface area contributed by atoms with E-state index in [4.69, 9.17) is 0 Å². The zero-order valence-electron chi connectivity index (χ0n) is 12.6. The first kappa shape index (κ1) is 16.7. The first-order chi connectivity index (χ1) is 9.10. The van der Waals surface area contributed by atoms with Crippen molar-refractivity contribution in [3.8, 4) is 0 Å².